The van der Waals surface area contributed by atoms with E-state index in [0.717, 1.165) is 22.6 Å². The summed E-state index contributed by atoms with van der Waals surface area (Å²) in [5, 5.41) is 2.41. The van der Waals surface area contributed by atoms with Crippen LogP contribution in [0.1, 0.15) is 20.8 Å². The van der Waals surface area contributed by atoms with Gasteiger partial charge in [0.2, 0.25) is 0 Å². The normalized spacial score (nSPS) is 10.5. The van der Waals surface area contributed by atoms with Crippen molar-refractivity contribution in [3.05, 3.63) is 75.2 Å². The van der Waals surface area contributed by atoms with Gasteiger partial charge in [-0.25, -0.2) is 0 Å². The minimum atomic E-state index is -0.120. The van der Waals surface area contributed by atoms with Gasteiger partial charge in [0, 0.05) is 18.1 Å². The largest absolute Gasteiger partial charge is 0.497 e. The molecule has 0 N–H and O–H groups in total. The Balaban J connectivity index is 1.95. The summed E-state index contributed by atoms with van der Waals surface area (Å²) in [5.41, 5.74) is 2.68. The summed E-state index contributed by atoms with van der Waals surface area (Å²) < 4.78 is 5.19. The second kappa shape index (κ2) is 7.68. The van der Waals surface area contributed by atoms with Gasteiger partial charge in [0.25, 0.3) is 5.91 Å². The smallest absolute Gasteiger partial charge is 0.270 e. The Morgan fingerprint density at radius 2 is 1.88 bits per heavy atom. The van der Waals surface area contributed by atoms with Crippen molar-refractivity contribution in [1.29, 1.82) is 0 Å². The maximum Gasteiger partial charge on any atom is 0.270 e. The minimum Gasteiger partial charge on any atom is -0.497 e. The van der Waals surface area contributed by atoms with Crippen molar-refractivity contribution in [3.8, 4) is 5.75 Å². The van der Waals surface area contributed by atoms with Crippen molar-refractivity contribution < 1.29 is 9.53 Å². The second-order valence-corrected chi connectivity index (χ2v) is 6.76. The topological polar surface area (TPSA) is 42.4 Å². The van der Waals surface area contributed by atoms with Crippen molar-refractivity contribution in [2.45, 2.75) is 13.5 Å². The van der Waals surface area contributed by atoms with E-state index in [1.807, 2.05) is 48.7 Å². The van der Waals surface area contributed by atoms with Gasteiger partial charge in [-0.05, 0) is 47.7 Å². The molecule has 0 radical (unpaired) electrons. The first-order valence-corrected chi connectivity index (χ1v) is 8.94. The molecular formula is C19H17ClN2O2S. The van der Waals surface area contributed by atoms with Crippen LogP contribution in [0.25, 0.3) is 0 Å². The zero-order chi connectivity index (χ0) is 17.8. The monoisotopic (exact) mass is 372 g/mol. The van der Waals surface area contributed by atoms with Gasteiger partial charge < -0.3 is 9.64 Å². The van der Waals surface area contributed by atoms with Gasteiger partial charge in [0.15, 0.2) is 0 Å². The number of pyridine rings is 1. The van der Waals surface area contributed by atoms with E-state index in [1.165, 1.54) is 11.3 Å². The van der Waals surface area contributed by atoms with Crippen LogP contribution in [0.15, 0.2) is 54.2 Å². The summed E-state index contributed by atoms with van der Waals surface area (Å²) in [6.45, 7) is 2.33. The molecule has 0 unspecified atom stereocenters. The standard InChI is InChI=1S/C19H17ClN2O2S/c1-13-12-25-18(17(13)20)19(23)22(15-7-9-21-10-8-15)11-14-3-5-16(24-2)6-4-14/h3-10,12H,11H2,1-2H3. The molecule has 0 aliphatic heterocycles. The fraction of sp³-hybridized carbons (Fsp3) is 0.158. The van der Waals surface area contributed by atoms with E-state index in [0.29, 0.717) is 16.4 Å². The van der Waals surface area contributed by atoms with E-state index < -0.39 is 0 Å². The van der Waals surface area contributed by atoms with E-state index in [9.17, 15) is 4.79 Å². The molecule has 0 aliphatic carbocycles. The number of halogens is 1. The number of benzene rings is 1. The summed E-state index contributed by atoms with van der Waals surface area (Å²) in [5.74, 6) is 0.660. The molecule has 2 aromatic heterocycles. The average Bonchev–Trinajstić information content (AvgIpc) is 2.99. The third-order valence-electron chi connectivity index (χ3n) is 3.81. The first-order chi connectivity index (χ1) is 12.1. The third-order valence-corrected chi connectivity index (χ3v) is 5.50. The number of carbonyl (C=O) groups excluding carboxylic acids is 1. The Bertz CT molecular complexity index is 863. The first-order valence-electron chi connectivity index (χ1n) is 7.68. The van der Waals surface area contributed by atoms with Crippen molar-refractivity contribution in [2.75, 3.05) is 12.0 Å². The molecule has 3 aromatic rings. The van der Waals surface area contributed by atoms with Gasteiger partial charge in [-0.1, -0.05) is 23.7 Å². The van der Waals surface area contributed by atoms with Gasteiger partial charge in [-0.3, -0.25) is 9.78 Å². The number of anilines is 1. The molecular weight excluding hydrogens is 356 g/mol. The summed E-state index contributed by atoms with van der Waals surface area (Å²) in [6, 6.07) is 11.3. The summed E-state index contributed by atoms with van der Waals surface area (Å²) in [4.78, 5) is 19.4. The number of nitrogens with zero attached hydrogens (tertiary/aromatic N) is 2. The summed E-state index contributed by atoms with van der Waals surface area (Å²) in [7, 11) is 1.63. The number of carbonyl (C=O) groups is 1. The lowest BCUT2D eigenvalue weighted by molar-refractivity contribution is 0.0989. The van der Waals surface area contributed by atoms with Crippen LogP contribution in [0.5, 0.6) is 5.75 Å². The molecule has 0 saturated heterocycles. The molecule has 0 fully saturated rings. The van der Waals surface area contributed by atoms with Crippen LogP contribution >= 0.6 is 22.9 Å². The molecule has 6 heteroatoms. The molecule has 25 heavy (non-hydrogen) atoms. The number of aryl methyl sites for hydroxylation is 1. The highest BCUT2D eigenvalue weighted by Crippen LogP contribution is 2.30. The van der Waals surface area contributed by atoms with Crippen LogP contribution in [0, 0.1) is 6.92 Å². The lowest BCUT2D eigenvalue weighted by Gasteiger charge is -2.22. The Labute approximate surface area is 155 Å². The van der Waals surface area contributed by atoms with Crippen molar-refractivity contribution in [3.63, 3.8) is 0 Å². The maximum atomic E-state index is 13.1. The average molecular weight is 373 g/mol. The van der Waals surface area contributed by atoms with Crippen LogP contribution in [-0.4, -0.2) is 18.0 Å². The van der Waals surface area contributed by atoms with Crippen LogP contribution < -0.4 is 9.64 Å². The van der Waals surface area contributed by atoms with E-state index in [4.69, 9.17) is 16.3 Å². The molecule has 0 saturated carbocycles. The molecule has 1 aromatic carbocycles. The third kappa shape index (κ3) is 3.83. The Morgan fingerprint density at radius 3 is 2.44 bits per heavy atom. The lowest BCUT2D eigenvalue weighted by Crippen LogP contribution is -2.30. The number of aromatic nitrogens is 1. The zero-order valence-electron chi connectivity index (χ0n) is 13.9. The molecule has 2 heterocycles. The van der Waals surface area contributed by atoms with Gasteiger partial charge in [-0.2, -0.15) is 0 Å². The van der Waals surface area contributed by atoms with E-state index in [-0.39, 0.29) is 5.91 Å². The predicted molar refractivity (Wildman–Crippen MR) is 102 cm³/mol. The zero-order valence-corrected chi connectivity index (χ0v) is 15.5. The van der Waals surface area contributed by atoms with Crippen LogP contribution in [0.2, 0.25) is 5.02 Å². The van der Waals surface area contributed by atoms with Crippen molar-refractivity contribution >= 4 is 34.5 Å². The number of amides is 1. The molecule has 0 bridgehead atoms. The highest BCUT2D eigenvalue weighted by atomic mass is 35.5. The molecule has 128 valence electrons. The predicted octanol–water partition coefficient (Wildman–Crippen LogP) is 4.96. The Morgan fingerprint density at radius 1 is 1.20 bits per heavy atom. The van der Waals surface area contributed by atoms with E-state index in [1.54, 1.807) is 24.4 Å². The van der Waals surface area contributed by atoms with E-state index in [2.05, 4.69) is 4.98 Å². The number of methoxy groups -OCH3 is 1. The SMILES string of the molecule is COc1ccc(CN(C(=O)c2scc(C)c2Cl)c2ccncc2)cc1. The quantitative estimate of drug-likeness (QED) is 0.635. The number of ether oxygens (including phenoxy) is 1. The number of thiophene rings is 1. The Kier molecular flexibility index (Phi) is 5.36. The summed E-state index contributed by atoms with van der Waals surface area (Å²) >= 11 is 7.68. The molecule has 0 spiro atoms. The number of rotatable bonds is 5. The molecule has 4 nitrogen and oxygen atoms in total. The number of hydrogen-bond donors (Lipinski definition) is 0. The fourth-order valence-electron chi connectivity index (χ4n) is 2.41. The Hall–Kier alpha value is -2.37. The lowest BCUT2D eigenvalue weighted by atomic mass is 10.2. The van der Waals surface area contributed by atoms with Crippen LogP contribution in [-0.2, 0) is 6.54 Å². The van der Waals surface area contributed by atoms with Gasteiger partial charge in [0.05, 0.1) is 18.7 Å². The van der Waals surface area contributed by atoms with Gasteiger partial charge in [0.1, 0.15) is 10.6 Å². The first kappa shape index (κ1) is 17.5. The number of hydrogen-bond acceptors (Lipinski definition) is 4. The van der Waals surface area contributed by atoms with Crippen LogP contribution in [0.3, 0.4) is 0 Å². The summed E-state index contributed by atoms with van der Waals surface area (Å²) in [6.07, 6.45) is 3.34. The highest BCUT2D eigenvalue weighted by Gasteiger charge is 2.23. The van der Waals surface area contributed by atoms with E-state index >= 15 is 0 Å². The molecule has 1 amide bonds. The highest BCUT2D eigenvalue weighted by molar-refractivity contribution is 7.13. The van der Waals surface area contributed by atoms with Crippen LogP contribution in [0.4, 0.5) is 5.69 Å². The van der Waals surface area contributed by atoms with Gasteiger partial charge >= 0.3 is 0 Å². The van der Waals surface area contributed by atoms with Gasteiger partial charge in [-0.15, -0.1) is 11.3 Å². The minimum absolute atomic E-state index is 0.120. The van der Waals surface area contributed by atoms with Crippen molar-refractivity contribution in [1.82, 2.24) is 4.98 Å². The molecule has 0 atom stereocenters. The van der Waals surface area contributed by atoms with Crippen molar-refractivity contribution in [2.24, 2.45) is 0 Å². The molecule has 3 rings (SSSR count). The maximum absolute atomic E-state index is 13.1. The fourth-order valence-corrected chi connectivity index (χ4v) is 3.64. The second-order valence-electron chi connectivity index (χ2n) is 5.51. The molecule has 0 aliphatic rings.